The standard InChI is InChI=1S/C24H21FN2O5S/c1-3-32-24(29)17-9-10-21(25)19(13-17)20-14-26(2)23(28)22-18(20)11-12-27(22)33(30,31)15-16-7-5-4-6-8-16/h4-14H,3,15H2,1-2H3. The topological polar surface area (TPSA) is 87.4 Å². The van der Waals surface area contributed by atoms with Crippen LogP contribution in [0.4, 0.5) is 4.39 Å². The summed E-state index contributed by atoms with van der Waals surface area (Å²) >= 11 is 0. The van der Waals surface area contributed by atoms with E-state index in [9.17, 15) is 22.4 Å². The number of hydrogen-bond donors (Lipinski definition) is 0. The quantitative estimate of drug-likeness (QED) is 0.403. The number of carbonyl (C=O) groups is 1. The second kappa shape index (κ2) is 8.67. The van der Waals surface area contributed by atoms with Crippen molar-refractivity contribution in [1.82, 2.24) is 8.54 Å². The Kier molecular flexibility index (Phi) is 5.90. The molecule has 0 saturated carbocycles. The van der Waals surface area contributed by atoms with Crippen molar-refractivity contribution in [2.45, 2.75) is 12.7 Å². The molecule has 0 fully saturated rings. The summed E-state index contributed by atoms with van der Waals surface area (Å²) in [4.78, 5) is 25.1. The van der Waals surface area contributed by atoms with Gasteiger partial charge in [0.1, 0.15) is 11.3 Å². The SMILES string of the molecule is CCOC(=O)c1ccc(F)c(-c2cn(C)c(=O)c3c2ccn3S(=O)(=O)Cc2ccccc2)c1. The highest BCUT2D eigenvalue weighted by Crippen LogP contribution is 2.31. The van der Waals surface area contributed by atoms with E-state index in [1.54, 1.807) is 37.3 Å². The zero-order valence-electron chi connectivity index (χ0n) is 18.0. The maximum atomic E-state index is 14.8. The second-order valence-corrected chi connectivity index (χ2v) is 9.34. The van der Waals surface area contributed by atoms with Gasteiger partial charge in [0.25, 0.3) is 5.56 Å². The van der Waals surface area contributed by atoms with E-state index in [0.717, 1.165) is 10.0 Å². The van der Waals surface area contributed by atoms with E-state index in [2.05, 4.69) is 0 Å². The van der Waals surface area contributed by atoms with E-state index in [-0.39, 0.29) is 40.0 Å². The van der Waals surface area contributed by atoms with Crippen LogP contribution in [0.15, 0.2) is 71.8 Å². The van der Waals surface area contributed by atoms with Gasteiger partial charge in [0.05, 0.1) is 17.9 Å². The maximum Gasteiger partial charge on any atom is 0.338 e. The number of aromatic nitrogens is 2. The normalized spacial score (nSPS) is 11.6. The zero-order chi connectivity index (χ0) is 23.8. The van der Waals surface area contributed by atoms with Gasteiger partial charge >= 0.3 is 5.97 Å². The Morgan fingerprint density at radius 1 is 1.06 bits per heavy atom. The number of carbonyl (C=O) groups excluding carboxylic acids is 1. The van der Waals surface area contributed by atoms with E-state index in [1.165, 1.54) is 42.2 Å². The van der Waals surface area contributed by atoms with Crippen LogP contribution in [0, 0.1) is 5.82 Å². The summed E-state index contributed by atoms with van der Waals surface area (Å²) in [6.45, 7) is 1.83. The van der Waals surface area contributed by atoms with Crippen LogP contribution in [-0.2, 0) is 27.6 Å². The molecular weight excluding hydrogens is 447 g/mol. The Morgan fingerprint density at radius 3 is 2.48 bits per heavy atom. The molecular formula is C24H21FN2O5S. The van der Waals surface area contributed by atoms with Crippen LogP contribution >= 0.6 is 0 Å². The number of esters is 1. The molecule has 2 aromatic carbocycles. The van der Waals surface area contributed by atoms with Gasteiger partial charge in [-0.05, 0) is 36.8 Å². The van der Waals surface area contributed by atoms with Gasteiger partial charge in [0.15, 0.2) is 0 Å². The van der Waals surface area contributed by atoms with Crippen LogP contribution < -0.4 is 5.56 Å². The molecule has 9 heteroatoms. The third kappa shape index (κ3) is 4.19. The molecule has 0 amide bonds. The van der Waals surface area contributed by atoms with Crippen molar-refractivity contribution in [2.24, 2.45) is 7.05 Å². The molecule has 0 N–H and O–H groups in total. The molecule has 0 unspecified atom stereocenters. The molecule has 0 bridgehead atoms. The molecule has 0 atom stereocenters. The van der Waals surface area contributed by atoms with Crippen molar-refractivity contribution in [3.8, 4) is 11.1 Å². The third-order valence-electron chi connectivity index (χ3n) is 5.25. The largest absolute Gasteiger partial charge is 0.462 e. The molecule has 2 aromatic heterocycles. The summed E-state index contributed by atoms with van der Waals surface area (Å²) in [5, 5.41) is 0.259. The number of halogens is 1. The summed E-state index contributed by atoms with van der Waals surface area (Å²) < 4.78 is 48.3. The minimum Gasteiger partial charge on any atom is -0.462 e. The first-order valence-electron chi connectivity index (χ1n) is 10.2. The fraction of sp³-hybridized carbons (Fsp3) is 0.167. The lowest BCUT2D eigenvalue weighted by atomic mass is 10.0. The number of ether oxygens (including phenoxy) is 1. The smallest absolute Gasteiger partial charge is 0.338 e. The highest BCUT2D eigenvalue weighted by Gasteiger charge is 2.23. The van der Waals surface area contributed by atoms with Crippen molar-refractivity contribution in [3.05, 3.63) is 94.3 Å². The highest BCUT2D eigenvalue weighted by molar-refractivity contribution is 7.89. The van der Waals surface area contributed by atoms with Crippen LogP contribution in [0.1, 0.15) is 22.8 Å². The first-order valence-corrected chi connectivity index (χ1v) is 11.8. The van der Waals surface area contributed by atoms with E-state index in [0.29, 0.717) is 5.56 Å². The van der Waals surface area contributed by atoms with Gasteiger partial charge in [-0.3, -0.25) is 4.79 Å². The third-order valence-corrected chi connectivity index (χ3v) is 6.85. The van der Waals surface area contributed by atoms with Crippen molar-refractivity contribution in [2.75, 3.05) is 6.61 Å². The Hall–Kier alpha value is -3.72. The molecule has 170 valence electrons. The fourth-order valence-electron chi connectivity index (χ4n) is 3.70. The predicted octanol–water partition coefficient (Wildman–Crippen LogP) is 3.70. The van der Waals surface area contributed by atoms with Crippen LogP contribution in [0.25, 0.3) is 22.0 Å². The van der Waals surface area contributed by atoms with Crippen molar-refractivity contribution >= 4 is 26.9 Å². The van der Waals surface area contributed by atoms with E-state index < -0.39 is 27.4 Å². The lowest BCUT2D eigenvalue weighted by Crippen LogP contribution is -2.23. The molecule has 0 saturated heterocycles. The molecule has 33 heavy (non-hydrogen) atoms. The van der Waals surface area contributed by atoms with Crippen molar-refractivity contribution in [3.63, 3.8) is 0 Å². The number of hydrogen-bond acceptors (Lipinski definition) is 5. The van der Waals surface area contributed by atoms with Crippen molar-refractivity contribution in [1.29, 1.82) is 0 Å². The summed E-state index contributed by atoms with van der Waals surface area (Å²) in [5.74, 6) is -1.54. The monoisotopic (exact) mass is 468 g/mol. The molecule has 7 nitrogen and oxygen atoms in total. The molecule has 0 aliphatic heterocycles. The molecule has 0 aliphatic rings. The molecule has 0 spiro atoms. The van der Waals surface area contributed by atoms with Gasteiger partial charge in [0, 0.05) is 36.0 Å². The number of fused-ring (bicyclic) bond motifs is 1. The first-order chi connectivity index (χ1) is 15.7. The van der Waals surface area contributed by atoms with Crippen LogP contribution in [0.5, 0.6) is 0 Å². The van der Waals surface area contributed by atoms with Crippen molar-refractivity contribution < 1.29 is 22.3 Å². The Bertz CT molecular complexity index is 1520. The summed E-state index contributed by atoms with van der Waals surface area (Å²) in [6.07, 6.45) is 2.72. The zero-order valence-corrected chi connectivity index (χ0v) is 18.8. The van der Waals surface area contributed by atoms with Gasteiger partial charge in [0.2, 0.25) is 10.0 Å². The molecule has 0 radical (unpaired) electrons. The van der Waals surface area contributed by atoms with E-state index in [4.69, 9.17) is 4.74 Å². The number of pyridine rings is 1. The summed E-state index contributed by atoms with van der Waals surface area (Å²) in [5.41, 5.74) is 0.417. The van der Waals surface area contributed by atoms with Gasteiger partial charge in [-0.2, -0.15) is 0 Å². The van der Waals surface area contributed by atoms with E-state index in [1.807, 2.05) is 0 Å². The summed E-state index contributed by atoms with van der Waals surface area (Å²) in [7, 11) is -2.48. The maximum absolute atomic E-state index is 14.8. The Morgan fingerprint density at radius 2 is 1.79 bits per heavy atom. The molecule has 4 aromatic rings. The number of rotatable bonds is 6. The van der Waals surface area contributed by atoms with Gasteiger partial charge in [-0.25, -0.2) is 21.6 Å². The molecule has 0 aliphatic carbocycles. The molecule has 2 heterocycles. The minimum absolute atomic E-state index is 0.0550. The average Bonchev–Trinajstić information content (AvgIpc) is 3.24. The predicted molar refractivity (Wildman–Crippen MR) is 123 cm³/mol. The average molecular weight is 469 g/mol. The number of benzene rings is 2. The van der Waals surface area contributed by atoms with Crippen LogP contribution in [0.2, 0.25) is 0 Å². The highest BCUT2D eigenvalue weighted by atomic mass is 32.2. The summed E-state index contributed by atoms with van der Waals surface area (Å²) in [6, 6.07) is 13.9. The Labute approximate surface area is 189 Å². The first kappa shape index (κ1) is 22.5. The fourth-order valence-corrected chi connectivity index (χ4v) is 5.16. The van der Waals surface area contributed by atoms with Gasteiger partial charge in [-0.15, -0.1) is 0 Å². The number of aryl methyl sites for hydroxylation is 1. The van der Waals surface area contributed by atoms with Gasteiger partial charge in [-0.1, -0.05) is 30.3 Å². The van der Waals surface area contributed by atoms with E-state index >= 15 is 0 Å². The van der Waals surface area contributed by atoms with Crippen LogP contribution in [0.3, 0.4) is 0 Å². The number of nitrogens with zero attached hydrogens (tertiary/aromatic N) is 2. The lowest BCUT2D eigenvalue weighted by molar-refractivity contribution is 0.0526. The Balaban J connectivity index is 1.91. The minimum atomic E-state index is -3.94. The second-order valence-electron chi connectivity index (χ2n) is 7.49. The van der Waals surface area contributed by atoms with Crippen LogP contribution in [-0.4, -0.2) is 29.5 Å². The molecule has 4 rings (SSSR count). The van der Waals surface area contributed by atoms with Gasteiger partial charge < -0.3 is 9.30 Å². The lowest BCUT2D eigenvalue weighted by Gasteiger charge is -2.12.